The average Bonchev–Trinajstić information content (AvgIpc) is 3.01. The smallest absolute Gasteiger partial charge is 0.234 e. The molecule has 0 aliphatic rings. The van der Waals surface area contributed by atoms with Crippen molar-refractivity contribution in [3.63, 3.8) is 0 Å². The molecule has 3 aromatic rings. The highest BCUT2D eigenvalue weighted by Crippen LogP contribution is 2.24. The zero-order valence-electron chi connectivity index (χ0n) is 13.1. The van der Waals surface area contributed by atoms with Gasteiger partial charge in [0.05, 0.1) is 5.75 Å². The number of nitrogens with zero attached hydrogens (tertiary/aromatic N) is 1. The summed E-state index contributed by atoms with van der Waals surface area (Å²) in [5.41, 5.74) is 1.73. The van der Waals surface area contributed by atoms with Crippen LogP contribution in [0.5, 0.6) is 11.5 Å². The maximum Gasteiger partial charge on any atom is 0.234 e. The number of thioether (sulfide) groups is 1. The number of aryl methyl sites for hydroxylation is 1. The summed E-state index contributed by atoms with van der Waals surface area (Å²) in [6.07, 6.45) is 0. The molecular formula is C18H16N2O2S2. The monoisotopic (exact) mass is 356 g/mol. The number of carbonyl (C=O) groups excluding carboxylic acids is 1. The van der Waals surface area contributed by atoms with E-state index in [1.807, 2.05) is 66.9 Å². The van der Waals surface area contributed by atoms with Crippen molar-refractivity contribution in [2.75, 3.05) is 11.1 Å². The molecule has 0 radical (unpaired) electrons. The van der Waals surface area contributed by atoms with Crippen molar-refractivity contribution in [1.82, 2.24) is 4.98 Å². The van der Waals surface area contributed by atoms with Crippen LogP contribution in [0.4, 0.5) is 5.69 Å². The van der Waals surface area contributed by atoms with E-state index in [-0.39, 0.29) is 5.91 Å². The molecule has 0 aliphatic carbocycles. The first-order valence-electron chi connectivity index (χ1n) is 7.37. The Hall–Kier alpha value is -2.31. The van der Waals surface area contributed by atoms with Gasteiger partial charge in [-0.3, -0.25) is 4.79 Å². The van der Waals surface area contributed by atoms with E-state index < -0.39 is 0 Å². The zero-order valence-corrected chi connectivity index (χ0v) is 14.7. The van der Waals surface area contributed by atoms with Gasteiger partial charge in [0.2, 0.25) is 5.91 Å². The number of thiazole rings is 1. The first-order chi connectivity index (χ1) is 11.7. The van der Waals surface area contributed by atoms with Crippen LogP contribution < -0.4 is 10.1 Å². The average molecular weight is 356 g/mol. The van der Waals surface area contributed by atoms with Crippen LogP contribution in [-0.2, 0) is 4.79 Å². The second kappa shape index (κ2) is 7.99. The summed E-state index contributed by atoms with van der Waals surface area (Å²) in [5.74, 6) is 1.80. The maximum atomic E-state index is 12.0. The third kappa shape index (κ3) is 4.84. The van der Waals surface area contributed by atoms with Crippen molar-refractivity contribution in [1.29, 1.82) is 0 Å². The van der Waals surface area contributed by atoms with Crippen LogP contribution in [0.3, 0.4) is 0 Å². The molecule has 1 N–H and O–H groups in total. The summed E-state index contributed by atoms with van der Waals surface area (Å²) < 4.78 is 6.63. The number of hydrogen-bond acceptors (Lipinski definition) is 5. The van der Waals surface area contributed by atoms with Crippen LogP contribution in [0, 0.1) is 6.92 Å². The fourth-order valence-corrected chi connectivity index (χ4v) is 3.60. The summed E-state index contributed by atoms with van der Waals surface area (Å²) in [5, 5.41) is 4.85. The lowest BCUT2D eigenvalue weighted by molar-refractivity contribution is -0.113. The van der Waals surface area contributed by atoms with E-state index in [1.165, 1.54) is 11.8 Å². The highest BCUT2D eigenvalue weighted by molar-refractivity contribution is 8.01. The summed E-state index contributed by atoms with van der Waals surface area (Å²) in [4.78, 5) is 16.3. The number of ether oxygens (including phenoxy) is 1. The molecule has 0 bridgehead atoms. The van der Waals surface area contributed by atoms with E-state index in [2.05, 4.69) is 10.3 Å². The number of nitrogens with one attached hydrogen (secondary N) is 1. The van der Waals surface area contributed by atoms with E-state index in [4.69, 9.17) is 4.74 Å². The molecule has 3 rings (SSSR count). The third-order valence-corrected chi connectivity index (χ3v) is 5.18. The maximum absolute atomic E-state index is 12.0. The minimum Gasteiger partial charge on any atom is -0.457 e. The van der Waals surface area contributed by atoms with Gasteiger partial charge in [0.15, 0.2) is 4.34 Å². The molecule has 0 aliphatic heterocycles. The zero-order chi connectivity index (χ0) is 16.8. The molecule has 0 atom stereocenters. The van der Waals surface area contributed by atoms with Crippen molar-refractivity contribution < 1.29 is 9.53 Å². The van der Waals surface area contributed by atoms with Crippen LogP contribution in [0.1, 0.15) is 5.69 Å². The number of anilines is 1. The largest absolute Gasteiger partial charge is 0.457 e. The van der Waals surface area contributed by atoms with Crippen LogP contribution >= 0.6 is 23.1 Å². The van der Waals surface area contributed by atoms with Crippen molar-refractivity contribution in [3.05, 3.63) is 65.7 Å². The minimum absolute atomic E-state index is 0.0513. The third-order valence-electron chi connectivity index (χ3n) is 3.04. The van der Waals surface area contributed by atoms with Gasteiger partial charge in [0, 0.05) is 16.8 Å². The minimum atomic E-state index is -0.0513. The van der Waals surface area contributed by atoms with Gasteiger partial charge in [-0.2, -0.15) is 0 Å². The van der Waals surface area contributed by atoms with Gasteiger partial charge in [-0.25, -0.2) is 4.98 Å². The standard InChI is InChI=1S/C18H16N2O2S2/c1-13-11-23-18(19-13)24-12-17(21)20-14-7-9-16(10-8-14)22-15-5-3-2-4-6-15/h2-11H,12H2,1H3,(H,20,21). The highest BCUT2D eigenvalue weighted by Gasteiger charge is 2.06. The van der Waals surface area contributed by atoms with Gasteiger partial charge in [0.25, 0.3) is 0 Å². The van der Waals surface area contributed by atoms with Crippen molar-refractivity contribution in [2.45, 2.75) is 11.3 Å². The molecule has 1 aromatic heterocycles. The van der Waals surface area contributed by atoms with Gasteiger partial charge < -0.3 is 10.1 Å². The Morgan fingerprint density at radius 3 is 2.50 bits per heavy atom. The molecule has 0 fully saturated rings. The SMILES string of the molecule is Cc1csc(SCC(=O)Nc2ccc(Oc3ccccc3)cc2)n1. The molecular weight excluding hydrogens is 340 g/mol. The molecule has 122 valence electrons. The van der Waals surface area contributed by atoms with E-state index in [0.29, 0.717) is 5.75 Å². The van der Waals surface area contributed by atoms with Gasteiger partial charge in [-0.05, 0) is 43.3 Å². The van der Waals surface area contributed by atoms with E-state index in [0.717, 1.165) is 27.2 Å². The fourth-order valence-electron chi connectivity index (χ4n) is 1.95. The quantitative estimate of drug-likeness (QED) is 0.633. The number of benzene rings is 2. The highest BCUT2D eigenvalue weighted by atomic mass is 32.2. The van der Waals surface area contributed by atoms with Gasteiger partial charge in [-0.15, -0.1) is 11.3 Å². The normalized spacial score (nSPS) is 10.4. The lowest BCUT2D eigenvalue weighted by Crippen LogP contribution is -2.13. The Morgan fingerprint density at radius 1 is 1.12 bits per heavy atom. The number of hydrogen-bond donors (Lipinski definition) is 1. The lowest BCUT2D eigenvalue weighted by atomic mass is 10.3. The summed E-state index contributed by atoms with van der Waals surface area (Å²) in [7, 11) is 0. The number of aromatic nitrogens is 1. The summed E-state index contributed by atoms with van der Waals surface area (Å²) in [6, 6.07) is 16.9. The fraction of sp³-hybridized carbons (Fsp3) is 0.111. The Bertz CT molecular complexity index is 801. The molecule has 24 heavy (non-hydrogen) atoms. The topological polar surface area (TPSA) is 51.2 Å². The van der Waals surface area contributed by atoms with E-state index in [9.17, 15) is 4.79 Å². The van der Waals surface area contributed by atoms with Crippen LogP contribution in [0.15, 0.2) is 64.3 Å². The number of para-hydroxylation sites is 1. The van der Waals surface area contributed by atoms with Crippen LogP contribution in [0.25, 0.3) is 0 Å². The molecule has 0 spiro atoms. The van der Waals surface area contributed by atoms with Crippen molar-refractivity contribution >= 4 is 34.7 Å². The van der Waals surface area contributed by atoms with Gasteiger partial charge in [-0.1, -0.05) is 30.0 Å². The second-order valence-corrected chi connectivity index (χ2v) is 7.11. The molecule has 4 nitrogen and oxygen atoms in total. The Kier molecular flexibility index (Phi) is 5.51. The van der Waals surface area contributed by atoms with E-state index >= 15 is 0 Å². The number of carbonyl (C=O) groups is 1. The summed E-state index contributed by atoms with van der Waals surface area (Å²) >= 11 is 3.00. The van der Waals surface area contributed by atoms with E-state index in [1.54, 1.807) is 11.3 Å². The molecule has 1 heterocycles. The predicted octanol–water partition coefficient (Wildman–Crippen LogP) is 4.97. The predicted molar refractivity (Wildman–Crippen MR) is 99.2 cm³/mol. The van der Waals surface area contributed by atoms with Crippen LogP contribution in [0.2, 0.25) is 0 Å². The molecule has 2 aromatic carbocycles. The van der Waals surface area contributed by atoms with Crippen LogP contribution in [-0.4, -0.2) is 16.6 Å². The number of amides is 1. The Balaban J connectivity index is 1.51. The van der Waals surface area contributed by atoms with Gasteiger partial charge in [0.1, 0.15) is 11.5 Å². The summed E-state index contributed by atoms with van der Waals surface area (Å²) in [6.45, 7) is 1.94. The molecule has 0 saturated heterocycles. The first-order valence-corrected chi connectivity index (χ1v) is 9.23. The molecule has 1 amide bonds. The Labute approximate surface area is 148 Å². The lowest BCUT2D eigenvalue weighted by Gasteiger charge is -2.07. The van der Waals surface area contributed by atoms with Gasteiger partial charge >= 0.3 is 0 Å². The molecule has 0 unspecified atom stereocenters. The number of rotatable bonds is 6. The second-order valence-electron chi connectivity index (χ2n) is 5.03. The molecule has 0 saturated carbocycles. The van der Waals surface area contributed by atoms with Crippen molar-refractivity contribution in [3.8, 4) is 11.5 Å². The van der Waals surface area contributed by atoms with Crippen molar-refractivity contribution in [2.24, 2.45) is 0 Å². The molecule has 6 heteroatoms. The first kappa shape index (κ1) is 16.5. The Morgan fingerprint density at radius 2 is 1.83 bits per heavy atom.